The summed E-state index contributed by atoms with van der Waals surface area (Å²) in [5.41, 5.74) is -0.235. The van der Waals surface area contributed by atoms with Gasteiger partial charge in [-0.1, -0.05) is 13.8 Å². The van der Waals surface area contributed by atoms with Gasteiger partial charge in [-0.05, 0) is 18.9 Å². The normalized spacial score (nSPS) is 12.9. The Labute approximate surface area is 82.6 Å². The summed E-state index contributed by atoms with van der Waals surface area (Å²) in [6, 6.07) is 2.52. The highest BCUT2D eigenvalue weighted by atomic mass is 16.1. The first-order valence-corrected chi connectivity index (χ1v) is 4.58. The molecule has 1 heterocycles. The van der Waals surface area contributed by atoms with E-state index in [1.54, 1.807) is 6.07 Å². The fourth-order valence-electron chi connectivity index (χ4n) is 1.50. The van der Waals surface area contributed by atoms with Crippen LogP contribution in [0, 0.1) is 5.92 Å². The van der Waals surface area contributed by atoms with Crippen LogP contribution in [0.4, 0.5) is 0 Å². The van der Waals surface area contributed by atoms with Crippen LogP contribution in [0.15, 0.2) is 23.1 Å². The zero-order valence-electron chi connectivity index (χ0n) is 8.60. The summed E-state index contributed by atoms with van der Waals surface area (Å²) in [6.45, 7) is 5.27. The smallest absolute Gasteiger partial charge is 0.267 e. The fraction of sp³-hybridized carbons (Fsp3) is 0.500. The topological polar surface area (TPSA) is 52.0 Å². The molecular formula is C10H14N2O2. The Morgan fingerprint density at radius 1 is 1.50 bits per heavy atom. The highest BCUT2D eigenvalue weighted by Crippen LogP contribution is 2.14. The van der Waals surface area contributed by atoms with E-state index >= 15 is 0 Å². The lowest BCUT2D eigenvalue weighted by atomic mass is 10.0. The molecule has 0 saturated heterocycles. The quantitative estimate of drug-likeness (QED) is 0.722. The number of hydrogen-bond donors (Lipinski definition) is 0. The van der Waals surface area contributed by atoms with Gasteiger partial charge >= 0.3 is 0 Å². The molecule has 0 radical (unpaired) electrons. The van der Waals surface area contributed by atoms with E-state index in [4.69, 9.17) is 0 Å². The number of nitrogens with zero attached hydrogens (tertiary/aromatic N) is 2. The van der Waals surface area contributed by atoms with Crippen LogP contribution in [0.25, 0.3) is 0 Å². The Hall–Kier alpha value is -1.45. The number of aromatic nitrogens is 2. The third-order valence-electron chi connectivity index (χ3n) is 2.05. The molecule has 0 aliphatic heterocycles. The predicted octanol–water partition coefficient (Wildman–Crippen LogP) is 1.03. The number of Topliss-reactive ketones (excluding diaryl/α,β-unsaturated/α-hetero) is 1. The maximum absolute atomic E-state index is 11.4. The van der Waals surface area contributed by atoms with E-state index in [-0.39, 0.29) is 17.3 Å². The van der Waals surface area contributed by atoms with Crippen molar-refractivity contribution in [1.29, 1.82) is 0 Å². The largest absolute Gasteiger partial charge is 0.298 e. The standard InChI is InChI=1S/C10H14N2O2/c1-7(2)10(8(3)13)12-9(14)5-4-6-11-12/h4-7,10H,1-3H3. The second-order valence-corrected chi connectivity index (χ2v) is 3.61. The Bertz CT molecular complexity index is 382. The van der Waals surface area contributed by atoms with Crippen LogP contribution < -0.4 is 5.56 Å². The first kappa shape index (κ1) is 10.6. The van der Waals surface area contributed by atoms with Gasteiger partial charge in [0, 0.05) is 12.3 Å². The van der Waals surface area contributed by atoms with Crippen LogP contribution in [0.3, 0.4) is 0 Å². The van der Waals surface area contributed by atoms with E-state index in [1.165, 1.54) is 23.9 Å². The van der Waals surface area contributed by atoms with Crippen molar-refractivity contribution in [2.75, 3.05) is 0 Å². The lowest BCUT2D eigenvalue weighted by Gasteiger charge is -2.18. The van der Waals surface area contributed by atoms with E-state index in [0.717, 1.165) is 0 Å². The van der Waals surface area contributed by atoms with Gasteiger partial charge in [0.2, 0.25) is 0 Å². The zero-order chi connectivity index (χ0) is 10.7. The molecule has 4 heteroatoms. The minimum absolute atomic E-state index is 0.0409. The molecule has 14 heavy (non-hydrogen) atoms. The SMILES string of the molecule is CC(=O)C(C(C)C)n1ncccc1=O. The molecule has 1 aromatic heterocycles. The van der Waals surface area contributed by atoms with Gasteiger partial charge in [-0.2, -0.15) is 5.10 Å². The van der Waals surface area contributed by atoms with Crippen LogP contribution in [0.5, 0.6) is 0 Å². The first-order chi connectivity index (χ1) is 6.54. The Balaban J connectivity index is 3.19. The molecule has 0 spiro atoms. The molecule has 0 aromatic carbocycles. The molecule has 0 bridgehead atoms. The number of carbonyl (C=O) groups is 1. The third kappa shape index (κ3) is 2.07. The summed E-state index contributed by atoms with van der Waals surface area (Å²) >= 11 is 0. The highest BCUT2D eigenvalue weighted by molar-refractivity contribution is 5.80. The summed E-state index contributed by atoms with van der Waals surface area (Å²) in [7, 11) is 0. The Morgan fingerprint density at radius 3 is 2.57 bits per heavy atom. The van der Waals surface area contributed by atoms with E-state index in [0.29, 0.717) is 0 Å². The van der Waals surface area contributed by atoms with Gasteiger partial charge in [-0.25, -0.2) is 4.68 Å². The van der Waals surface area contributed by atoms with E-state index in [1.807, 2.05) is 13.8 Å². The molecule has 0 aliphatic rings. The van der Waals surface area contributed by atoms with Gasteiger partial charge in [-0.3, -0.25) is 9.59 Å². The number of hydrogen-bond acceptors (Lipinski definition) is 3. The average Bonchev–Trinajstić information content (AvgIpc) is 2.07. The third-order valence-corrected chi connectivity index (χ3v) is 2.05. The maximum Gasteiger partial charge on any atom is 0.267 e. The minimum Gasteiger partial charge on any atom is -0.298 e. The summed E-state index contributed by atoms with van der Waals surface area (Å²) in [4.78, 5) is 22.8. The minimum atomic E-state index is -0.455. The van der Waals surface area contributed by atoms with E-state index in [9.17, 15) is 9.59 Å². The van der Waals surface area contributed by atoms with Gasteiger partial charge in [0.25, 0.3) is 5.56 Å². The van der Waals surface area contributed by atoms with Crippen LogP contribution in [0.2, 0.25) is 0 Å². The molecule has 0 saturated carbocycles. The molecule has 1 atom stereocenters. The molecule has 0 aliphatic carbocycles. The van der Waals surface area contributed by atoms with Gasteiger partial charge in [0.1, 0.15) is 6.04 Å². The Morgan fingerprint density at radius 2 is 2.14 bits per heavy atom. The molecule has 4 nitrogen and oxygen atoms in total. The molecule has 1 rings (SSSR count). The summed E-state index contributed by atoms with van der Waals surface area (Å²) in [5, 5.41) is 3.90. The molecule has 0 fully saturated rings. The zero-order valence-corrected chi connectivity index (χ0v) is 8.60. The van der Waals surface area contributed by atoms with Gasteiger partial charge in [0.15, 0.2) is 5.78 Å². The van der Waals surface area contributed by atoms with Crippen LogP contribution >= 0.6 is 0 Å². The molecule has 0 amide bonds. The Kier molecular flexibility index (Phi) is 3.17. The van der Waals surface area contributed by atoms with Crippen LogP contribution in [-0.2, 0) is 4.79 Å². The highest BCUT2D eigenvalue weighted by Gasteiger charge is 2.21. The lowest BCUT2D eigenvalue weighted by Crippen LogP contribution is -2.33. The number of rotatable bonds is 3. The first-order valence-electron chi connectivity index (χ1n) is 4.58. The molecule has 1 unspecified atom stereocenters. The molecule has 0 N–H and O–H groups in total. The van der Waals surface area contributed by atoms with Gasteiger partial charge < -0.3 is 0 Å². The van der Waals surface area contributed by atoms with Crippen molar-refractivity contribution in [1.82, 2.24) is 9.78 Å². The maximum atomic E-state index is 11.4. The van der Waals surface area contributed by atoms with E-state index < -0.39 is 6.04 Å². The fourth-order valence-corrected chi connectivity index (χ4v) is 1.50. The second-order valence-electron chi connectivity index (χ2n) is 3.61. The average molecular weight is 194 g/mol. The van der Waals surface area contributed by atoms with Crippen molar-refractivity contribution in [3.8, 4) is 0 Å². The van der Waals surface area contributed by atoms with E-state index in [2.05, 4.69) is 5.10 Å². The molecular weight excluding hydrogens is 180 g/mol. The van der Waals surface area contributed by atoms with Crippen molar-refractivity contribution < 1.29 is 4.79 Å². The summed E-state index contributed by atoms with van der Waals surface area (Å²) in [5.74, 6) is 0.0286. The molecule has 1 aromatic rings. The van der Waals surface area contributed by atoms with Crippen molar-refractivity contribution in [3.05, 3.63) is 28.7 Å². The second kappa shape index (κ2) is 4.17. The van der Waals surface area contributed by atoms with Crippen molar-refractivity contribution in [3.63, 3.8) is 0 Å². The van der Waals surface area contributed by atoms with Crippen molar-refractivity contribution >= 4 is 5.78 Å². The van der Waals surface area contributed by atoms with Crippen LogP contribution in [0.1, 0.15) is 26.8 Å². The van der Waals surface area contributed by atoms with Crippen LogP contribution in [-0.4, -0.2) is 15.6 Å². The predicted molar refractivity (Wildman–Crippen MR) is 53.1 cm³/mol. The van der Waals surface area contributed by atoms with Gasteiger partial charge in [-0.15, -0.1) is 0 Å². The van der Waals surface area contributed by atoms with Crippen molar-refractivity contribution in [2.24, 2.45) is 5.92 Å². The summed E-state index contributed by atoms with van der Waals surface area (Å²) in [6.07, 6.45) is 1.51. The number of carbonyl (C=O) groups excluding carboxylic acids is 1. The summed E-state index contributed by atoms with van der Waals surface area (Å²) < 4.78 is 1.24. The monoisotopic (exact) mass is 194 g/mol. The lowest BCUT2D eigenvalue weighted by molar-refractivity contribution is -0.121. The number of ketones is 1. The van der Waals surface area contributed by atoms with Crippen molar-refractivity contribution in [2.45, 2.75) is 26.8 Å². The molecule has 76 valence electrons. The van der Waals surface area contributed by atoms with Gasteiger partial charge in [0.05, 0.1) is 0 Å².